The smallest absolute Gasteiger partial charge is 0.344 e. The molecule has 2 aromatic carbocycles. The highest BCUT2D eigenvalue weighted by Gasteiger charge is 2.69. The van der Waals surface area contributed by atoms with Crippen molar-refractivity contribution in [1.82, 2.24) is 4.98 Å². The normalized spacial score (nSPS) is 27.2. The van der Waals surface area contributed by atoms with Crippen molar-refractivity contribution in [2.75, 3.05) is 31.8 Å². The first-order valence-corrected chi connectivity index (χ1v) is 17.0. The Balaban J connectivity index is 1.21. The van der Waals surface area contributed by atoms with Crippen LogP contribution in [0, 0.1) is 29.6 Å². The molecule has 0 spiro atoms. The van der Waals surface area contributed by atoms with Gasteiger partial charge in [0.25, 0.3) is 0 Å². The molecule has 1 N–H and O–H groups in total. The zero-order chi connectivity index (χ0) is 32.3. The van der Waals surface area contributed by atoms with Crippen LogP contribution in [0.25, 0.3) is 0 Å². The van der Waals surface area contributed by atoms with E-state index >= 15 is 0 Å². The van der Waals surface area contributed by atoms with Gasteiger partial charge < -0.3 is 23.9 Å². The van der Waals surface area contributed by atoms with E-state index in [0.29, 0.717) is 22.7 Å². The van der Waals surface area contributed by atoms with Gasteiger partial charge in [-0.1, -0.05) is 17.4 Å². The zero-order valence-corrected chi connectivity index (χ0v) is 27.0. The largest absolute Gasteiger partial charge is 0.493 e. The lowest BCUT2D eigenvalue weighted by Crippen LogP contribution is -2.42. The molecule has 6 unspecified atom stereocenters. The summed E-state index contributed by atoms with van der Waals surface area (Å²) in [6.45, 7) is 3.69. The minimum Gasteiger partial charge on any atom is -0.493 e. The number of nitrogens with one attached hydrogen (secondary N) is 1. The lowest BCUT2D eigenvalue weighted by Gasteiger charge is -2.43. The molecule has 2 aliphatic carbocycles. The SMILES string of the molecule is CCOC(=O)COc1ccc([C@H]2c3sc(=O)[nH]c3SC3C4CC(C5C(=O)N(c6ccc(C(=O)OCC)cc6)C(=O)C45)C32)cc1OC. The molecule has 2 aliphatic heterocycles. The molecule has 2 saturated carbocycles. The van der Waals surface area contributed by atoms with Gasteiger partial charge in [0.15, 0.2) is 18.1 Å². The summed E-state index contributed by atoms with van der Waals surface area (Å²) in [6.07, 6.45) is 0.748. The number of rotatable bonds is 9. The molecule has 13 heteroatoms. The molecule has 1 aromatic heterocycles. The van der Waals surface area contributed by atoms with Gasteiger partial charge in [-0.2, -0.15) is 0 Å². The minimum atomic E-state index is -0.487. The number of hydrogen-bond acceptors (Lipinski definition) is 11. The fourth-order valence-electron chi connectivity index (χ4n) is 7.94. The summed E-state index contributed by atoms with van der Waals surface area (Å²) in [5.74, 6) is -1.82. The number of aromatic nitrogens is 1. The van der Waals surface area contributed by atoms with Gasteiger partial charge in [-0.25, -0.2) is 9.59 Å². The Labute approximate surface area is 272 Å². The number of fused-ring (bicyclic) bond motifs is 9. The van der Waals surface area contributed by atoms with Gasteiger partial charge in [-0.15, -0.1) is 11.8 Å². The highest BCUT2D eigenvalue weighted by molar-refractivity contribution is 8.00. The number of anilines is 1. The number of aromatic amines is 1. The Morgan fingerprint density at radius 1 is 0.935 bits per heavy atom. The Hall–Kier alpha value is -4.10. The van der Waals surface area contributed by atoms with Crippen molar-refractivity contribution in [3.8, 4) is 11.5 Å². The summed E-state index contributed by atoms with van der Waals surface area (Å²) in [5, 5.41) is 0.817. The number of hydrogen-bond donors (Lipinski definition) is 1. The number of thiazole rings is 1. The number of methoxy groups -OCH3 is 1. The van der Waals surface area contributed by atoms with Crippen LogP contribution in [-0.2, 0) is 23.9 Å². The van der Waals surface area contributed by atoms with E-state index in [-0.39, 0.29) is 65.4 Å². The summed E-state index contributed by atoms with van der Waals surface area (Å²) < 4.78 is 21.4. The van der Waals surface area contributed by atoms with Gasteiger partial charge in [0.05, 0.1) is 48.4 Å². The maximum absolute atomic E-state index is 14.1. The first-order chi connectivity index (χ1) is 22.2. The number of thioether (sulfide) groups is 1. The van der Waals surface area contributed by atoms with Crippen LogP contribution in [0.2, 0.25) is 0 Å². The number of ether oxygens (including phenoxy) is 4. The summed E-state index contributed by atoms with van der Waals surface area (Å²) >= 11 is 2.78. The molecule has 3 heterocycles. The highest BCUT2D eigenvalue weighted by atomic mass is 32.2. The van der Waals surface area contributed by atoms with Gasteiger partial charge in [0.1, 0.15) is 0 Å². The van der Waals surface area contributed by atoms with Crippen molar-refractivity contribution in [3.63, 3.8) is 0 Å². The Morgan fingerprint density at radius 2 is 1.65 bits per heavy atom. The molecule has 7 atom stereocenters. The summed E-state index contributed by atoms with van der Waals surface area (Å²) in [4.78, 5) is 69.8. The molecule has 46 heavy (non-hydrogen) atoms. The molecule has 1 saturated heterocycles. The van der Waals surface area contributed by atoms with Gasteiger partial charge in [-0.3, -0.25) is 19.3 Å². The van der Waals surface area contributed by atoms with E-state index in [2.05, 4.69) is 4.98 Å². The predicted octanol–water partition coefficient (Wildman–Crippen LogP) is 4.24. The van der Waals surface area contributed by atoms with E-state index in [4.69, 9.17) is 18.9 Å². The molecular formula is C33H32N2O9S2. The van der Waals surface area contributed by atoms with E-state index in [0.717, 1.165) is 21.9 Å². The fraction of sp³-hybridized carbons (Fsp3) is 0.424. The number of imide groups is 1. The lowest BCUT2D eigenvalue weighted by molar-refractivity contribution is -0.145. The average Bonchev–Trinajstić information content (AvgIpc) is 3.79. The Morgan fingerprint density at radius 3 is 2.35 bits per heavy atom. The predicted molar refractivity (Wildman–Crippen MR) is 169 cm³/mol. The van der Waals surface area contributed by atoms with Crippen molar-refractivity contribution in [2.24, 2.45) is 29.6 Å². The van der Waals surface area contributed by atoms with Crippen molar-refractivity contribution in [1.29, 1.82) is 0 Å². The topological polar surface area (TPSA) is 141 Å². The van der Waals surface area contributed by atoms with Crippen molar-refractivity contribution in [3.05, 3.63) is 68.1 Å². The standard InChI is InChI=1S/C33H32N2O9S2/c1-4-42-22(36)14-44-20-11-8-16(12-21(20)41-3)23-24-18-13-19(27(24)45-29-28(23)46-33(40)34-29)26-25(18)30(37)35(31(26)38)17-9-6-15(7-10-17)32(39)43-5-2/h6-12,18-19,23-27H,4-5,13-14H2,1-3H3,(H,34,40)/t18?,19?,23-,24?,25?,26?,27?/m1/s1. The highest BCUT2D eigenvalue weighted by Crippen LogP contribution is 2.68. The number of benzene rings is 2. The average molecular weight is 665 g/mol. The number of amides is 2. The van der Waals surface area contributed by atoms with Crippen LogP contribution in [-0.4, -0.2) is 60.9 Å². The second kappa shape index (κ2) is 11.9. The minimum absolute atomic E-state index is 0.00547. The number of carbonyl (C=O) groups excluding carboxylic acids is 4. The van der Waals surface area contributed by atoms with Crippen molar-refractivity contribution >= 4 is 52.5 Å². The number of carbonyl (C=O) groups is 4. The molecule has 2 amide bonds. The summed E-state index contributed by atoms with van der Waals surface area (Å²) in [7, 11) is 1.52. The van der Waals surface area contributed by atoms with Crippen LogP contribution in [0.3, 0.4) is 0 Å². The maximum Gasteiger partial charge on any atom is 0.344 e. The lowest BCUT2D eigenvalue weighted by atomic mass is 9.68. The van der Waals surface area contributed by atoms with E-state index in [9.17, 15) is 24.0 Å². The summed E-state index contributed by atoms with van der Waals surface area (Å²) in [6, 6.07) is 11.9. The molecule has 240 valence electrons. The number of H-pyrrole nitrogens is 1. The van der Waals surface area contributed by atoms with Crippen LogP contribution in [0.4, 0.5) is 5.69 Å². The van der Waals surface area contributed by atoms with Crippen LogP contribution in [0.5, 0.6) is 11.5 Å². The van der Waals surface area contributed by atoms with E-state index in [1.54, 1.807) is 55.9 Å². The number of nitrogens with zero attached hydrogens (tertiary/aromatic N) is 1. The van der Waals surface area contributed by atoms with Crippen molar-refractivity contribution in [2.45, 2.75) is 36.5 Å². The first-order valence-electron chi connectivity index (χ1n) is 15.3. The first kappa shape index (κ1) is 30.5. The Kier molecular flexibility index (Phi) is 7.92. The van der Waals surface area contributed by atoms with Gasteiger partial charge in [0.2, 0.25) is 11.8 Å². The molecule has 4 aliphatic rings. The van der Waals surface area contributed by atoms with E-state index in [1.807, 2.05) is 12.1 Å². The van der Waals surface area contributed by atoms with Crippen LogP contribution in [0.15, 0.2) is 52.3 Å². The van der Waals surface area contributed by atoms with Gasteiger partial charge >= 0.3 is 16.8 Å². The maximum atomic E-state index is 14.1. The third-order valence-corrected chi connectivity index (χ3v) is 12.1. The van der Waals surface area contributed by atoms with E-state index in [1.165, 1.54) is 23.3 Å². The van der Waals surface area contributed by atoms with Crippen LogP contribution < -0.4 is 19.2 Å². The molecule has 3 aromatic rings. The second-order valence-electron chi connectivity index (χ2n) is 11.7. The molecule has 2 bridgehead atoms. The quantitative estimate of drug-likeness (QED) is 0.261. The monoisotopic (exact) mass is 664 g/mol. The third kappa shape index (κ3) is 4.82. The molecule has 7 rings (SSSR count). The summed E-state index contributed by atoms with van der Waals surface area (Å²) in [5.41, 5.74) is 1.69. The third-order valence-electron chi connectivity index (χ3n) is 9.56. The van der Waals surface area contributed by atoms with Crippen LogP contribution in [0.1, 0.15) is 47.0 Å². The molecule has 0 radical (unpaired) electrons. The number of esters is 2. The van der Waals surface area contributed by atoms with Crippen LogP contribution >= 0.6 is 23.1 Å². The van der Waals surface area contributed by atoms with Crippen molar-refractivity contribution < 1.29 is 38.1 Å². The molecule has 3 fully saturated rings. The fourth-order valence-corrected chi connectivity index (χ4v) is 10.8. The van der Waals surface area contributed by atoms with Gasteiger partial charge in [-0.05, 0) is 80.0 Å². The second-order valence-corrected chi connectivity index (χ2v) is 13.9. The molecule has 11 nitrogen and oxygen atoms in total. The Bertz CT molecular complexity index is 1780. The zero-order valence-electron chi connectivity index (χ0n) is 25.3. The molecular weight excluding hydrogens is 633 g/mol. The van der Waals surface area contributed by atoms with E-state index < -0.39 is 23.8 Å². The van der Waals surface area contributed by atoms with Gasteiger partial charge in [0, 0.05) is 16.0 Å².